The first-order valence-electron chi connectivity index (χ1n) is 40.8. The lowest BCUT2D eigenvalue weighted by Crippen LogP contribution is -2.65. The normalized spacial score (nSPS) is 26.0. The number of rotatable bonds is 18. The molecular formula is C87H96Cl2N8O30. The molecule has 678 valence electrons. The summed E-state index contributed by atoms with van der Waals surface area (Å²) in [5, 5.41) is 165. The predicted octanol–water partition coefficient (Wildman–Crippen LogP) is 5.49. The second-order valence-corrected chi connectivity index (χ2v) is 33.3. The van der Waals surface area contributed by atoms with E-state index in [0.29, 0.717) is 12.8 Å². The number of phenolic OH excluding ortho intramolecular Hbond substituents is 4. The lowest BCUT2D eigenvalue weighted by atomic mass is 9.89. The zero-order valence-corrected chi connectivity index (χ0v) is 70.3. The molecule has 8 aliphatic heterocycles. The molecule has 8 amide bonds. The third kappa shape index (κ3) is 20.5. The van der Waals surface area contributed by atoms with Crippen LogP contribution in [0.1, 0.15) is 161 Å². The van der Waals surface area contributed by atoms with E-state index in [-0.39, 0.29) is 28.9 Å². The Kier molecular flexibility index (Phi) is 28.5. The summed E-state index contributed by atoms with van der Waals surface area (Å²) in [6, 6.07) is 3.72. The van der Waals surface area contributed by atoms with E-state index in [2.05, 4.69) is 44.1 Å². The maximum absolute atomic E-state index is 16.8. The molecule has 8 aliphatic rings. The van der Waals surface area contributed by atoms with Crippen molar-refractivity contribution in [1.29, 1.82) is 0 Å². The number of unbranched alkanes of at least 4 members (excludes halogenated alkanes) is 7. The van der Waals surface area contributed by atoms with Gasteiger partial charge in [-0.25, -0.2) is 9.59 Å². The van der Waals surface area contributed by atoms with Gasteiger partial charge in [0.1, 0.15) is 137 Å². The van der Waals surface area contributed by atoms with Crippen molar-refractivity contribution in [3.63, 3.8) is 0 Å². The summed E-state index contributed by atoms with van der Waals surface area (Å²) in [5.74, 6) is -18.0. The van der Waals surface area contributed by atoms with Crippen molar-refractivity contribution in [2.75, 3.05) is 20.3 Å². The number of likely N-dealkylation sites (N-methyl/N-ethyl adjacent to an activating group) is 1. The van der Waals surface area contributed by atoms with Crippen LogP contribution in [0, 0.1) is 0 Å². The standard InChI is InChI=1S/C87H96Cl2N8O30/c1-6-7-8-9-10-11-12-13-14-60(104)91-68-73(108)71(106)58(35-98)124-84(68)126-76-56-29-41-30-57(76)122-53-24-19-40(27-48(53)88)70(105)67-81(115)95-66(83(117)118)46-31-42(100)32-55(123-85-75(110)74(109)72(107)59(36-99)125-85)61(46)45-26-38(17-22-50(45)101)63(78(112)96-67)92-79(113)64(41)93-80(114)65-47-33-44(34-52(103)62(47)89)121-54-28-39(18-23-51(54)102)69(97(5)86(119)127-87(2,3)4)82(116)90-49(77(111)94-65)25-37-15-20-43(120-56)21-16-37/h15-24,26-34,49,58-59,63-75,84-85,98-103,105-110H,6-14,25,35-36H2,1-5H3,(H,90,116)(H,91,104)(H,92,113)(H,93,114)(H,94,111)(H,95,115)(H,96,112)(H,117,118)/t49-,58-,59-,63-,64-,65+,66-,67+,68-,69+,70-,71-,72-,73-,74+,75+,84+,85+/m1/s1. The van der Waals surface area contributed by atoms with Crippen molar-refractivity contribution in [1.82, 2.24) is 42.1 Å². The predicted molar refractivity (Wildman–Crippen MR) is 443 cm³/mol. The largest absolute Gasteiger partial charge is 0.508 e. The Labute approximate surface area is 734 Å². The van der Waals surface area contributed by atoms with Gasteiger partial charge in [0.25, 0.3) is 0 Å². The molecule has 40 heteroatoms. The van der Waals surface area contributed by atoms with Gasteiger partial charge < -0.3 is 141 Å². The Morgan fingerprint density at radius 1 is 0.535 bits per heavy atom. The molecule has 7 aromatic carbocycles. The number of amides is 8. The summed E-state index contributed by atoms with van der Waals surface area (Å²) in [5.41, 5.74) is -4.71. The van der Waals surface area contributed by atoms with E-state index < -0.39 is 295 Å². The molecule has 17 bridgehead atoms. The van der Waals surface area contributed by atoms with Gasteiger partial charge in [0.2, 0.25) is 59.7 Å². The Bertz CT molecular complexity index is 5350. The molecule has 127 heavy (non-hydrogen) atoms. The number of carboxylic acids is 1. The third-order valence-electron chi connectivity index (χ3n) is 22.2. The number of ether oxygens (including phenoxy) is 8. The number of aliphatic hydroxyl groups is 8. The monoisotopic (exact) mass is 1800 g/mol. The number of aromatic hydroxyl groups is 4. The molecule has 0 unspecified atom stereocenters. The second kappa shape index (κ2) is 39.0. The number of nitrogens with zero attached hydrogens (tertiary/aromatic N) is 1. The molecule has 18 atom stereocenters. The molecule has 0 radical (unpaired) electrons. The van der Waals surface area contributed by atoms with Crippen molar-refractivity contribution in [2.24, 2.45) is 0 Å². The Morgan fingerprint density at radius 3 is 1.80 bits per heavy atom. The van der Waals surface area contributed by atoms with Crippen molar-refractivity contribution < 1.29 is 147 Å². The molecule has 2 saturated heterocycles. The van der Waals surface area contributed by atoms with Gasteiger partial charge in [-0.05, 0) is 128 Å². The molecule has 0 saturated carbocycles. The molecular weight excluding hydrogens is 1710 g/mol. The zero-order chi connectivity index (χ0) is 91.5. The minimum Gasteiger partial charge on any atom is -0.508 e. The average molecular weight is 1800 g/mol. The number of carboxylic acid groups (broad SMARTS) is 1. The van der Waals surface area contributed by atoms with Crippen molar-refractivity contribution in [3.05, 3.63) is 164 Å². The highest BCUT2D eigenvalue weighted by molar-refractivity contribution is 6.33. The number of carbonyl (C=O) groups excluding carboxylic acids is 8. The van der Waals surface area contributed by atoms with Crippen LogP contribution in [-0.2, 0) is 59.0 Å². The van der Waals surface area contributed by atoms with E-state index >= 15 is 28.8 Å². The summed E-state index contributed by atoms with van der Waals surface area (Å²) in [6.45, 7) is 4.83. The number of nitrogens with one attached hydrogen (secondary N) is 7. The number of carbonyl (C=O) groups is 9. The summed E-state index contributed by atoms with van der Waals surface area (Å²) in [7, 11) is 1.22. The first-order valence-corrected chi connectivity index (χ1v) is 41.6. The lowest BCUT2D eigenvalue weighted by molar-refractivity contribution is -0.277. The van der Waals surface area contributed by atoms with Gasteiger partial charge in [0.05, 0.1) is 23.3 Å². The fourth-order valence-corrected chi connectivity index (χ4v) is 16.1. The quantitative estimate of drug-likeness (QED) is 0.0472. The van der Waals surface area contributed by atoms with Gasteiger partial charge in [-0.2, -0.15) is 0 Å². The average Bonchev–Trinajstić information content (AvgIpc) is 0.762. The maximum atomic E-state index is 16.8. The van der Waals surface area contributed by atoms with Gasteiger partial charge in [0.15, 0.2) is 29.0 Å². The highest BCUT2D eigenvalue weighted by Crippen LogP contribution is 2.51. The molecule has 0 spiro atoms. The molecule has 0 aromatic heterocycles. The fourth-order valence-electron chi connectivity index (χ4n) is 15.6. The van der Waals surface area contributed by atoms with Crippen LogP contribution >= 0.6 is 23.2 Å². The minimum atomic E-state index is -2.47. The number of aliphatic hydroxyl groups excluding tert-OH is 8. The van der Waals surface area contributed by atoms with E-state index in [1.807, 2.05) is 0 Å². The van der Waals surface area contributed by atoms with Crippen molar-refractivity contribution >= 4 is 76.6 Å². The molecule has 20 N–H and O–H groups in total. The van der Waals surface area contributed by atoms with Gasteiger partial charge >= 0.3 is 12.1 Å². The van der Waals surface area contributed by atoms with Crippen LogP contribution in [0.4, 0.5) is 4.79 Å². The summed E-state index contributed by atoms with van der Waals surface area (Å²) in [4.78, 5) is 139. The SMILES string of the molecule is CCCCCCCCCCC(=O)N[C@H]1[C@H](Oc2c3cc4cc2Oc2ccc(cc2Cl)[C@@H](O)[C@@H]2NC(=O)[C@H](NC(=O)[C@@H]4NC(=O)[C@H]4NC(=O)[C@@H](Cc5ccc(cc5)O3)NC(=O)[C@@H](N(C)C(=O)OC(C)(C)C)c3ccc(O)c(c3)Oc3cc(O)c(Cl)c4c3)c3ccc(O)c(c3)-c3c(O[C@H]4O[C@H](CO)[C@@H](O)[C@H](O)[C@@H]4O)cc(O)cc3[C@H](C(=O)O)NC2=O)O[C@H](CO)[C@@H](O)[C@@H]1O. The lowest BCUT2D eigenvalue weighted by Gasteiger charge is -2.42. The summed E-state index contributed by atoms with van der Waals surface area (Å²) in [6.07, 6.45) is -14.8. The van der Waals surface area contributed by atoms with Crippen LogP contribution in [0.25, 0.3) is 11.1 Å². The topological polar surface area (TPSA) is 578 Å². The van der Waals surface area contributed by atoms with E-state index in [1.165, 1.54) is 43.4 Å². The number of benzene rings is 7. The van der Waals surface area contributed by atoms with Gasteiger partial charge in [-0.1, -0.05) is 105 Å². The molecule has 0 aliphatic carbocycles. The third-order valence-corrected chi connectivity index (χ3v) is 23.0. The van der Waals surface area contributed by atoms with Crippen LogP contribution in [0.5, 0.6) is 69.0 Å². The summed E-state index contributed by atoms with van der Waals surface area (Å²) >= 11 is 14.3. The second-order valence-electron chi connectivity index (χ2n) is 32.5. The Hall–Kier alpha value is -12.1. The number of halogens is 2. The molecule has 7 aromatic rings. The van der Waals surface area contributed by atoms with Crippen LogP contribution in [0.2, 0.25) is 10.0 Å². The molecule has 2 fully saturated rings. The van der Waals surface area contributed by atoms with E-state index in [9.17, 15) is 80.8 Å². The van der Waals surface area contributed by atoms with Crippen molar-refractivity contribution in [3.8, 4) is 80.1 Å². The fraction of sp³-hybridized carbons (Fsp3) is 0.414. The number of aliphatic carboxylic acids is 1. The molecule has 38 nitrogen and oxygen atoms in total. The van der Waals surface area contributed by atoms with E-state index in [4.69, 9.17) is 61.1 Å². The number of hydrogen-bond acceptors (Lipinski definition) is 29. The van der Waals surface area contributed by atoms with Gasteiger partial charge in [-0.3, -0.25) is 38.5 Å². The smallest absolute Gasteiger partial charge is 0.410 e. The van der Waals surface area contributed by atoms with Gasteiger partial charge in [0, 0.05) is 54.3 Å². The Balaban J connectivity index is 1.04. The highest BCUT2D eigenvalue weighted by atomic mass is 35.5. The Morgan fingerprint density at radius 2 is 1.13 bits per heavy atom. The highest BCUT2D eigenvalue weighted by Gasteiger charge is 2.50. The first kappa shape index (κ1) is 92.6. The zero-order valence-electron chi connectivity index (χ0n) is 68.8. The maximum Gasteiger partial charge on any atom is 0.410 e. The van der Waals surface area contributed by atoms with Crippen LogP contribution < -0.4 is 60.9 Å². The molecule has 8 heterocycles. The first-order chi connectivity index (χ1) is 60.4. The summed E-state index contributed by atoms with van der Waals surface area (Å²) < 4.78 is 50.3. The van der Waals surface area contributed by atoms with Crippen LogP contribution in [-0.4, -0.2) is 224 Å². The van der Waals surface area contributed by atoms with Crippen molar-refractivity contribution in [2.45, 2.75) is 207 Å². The number of hydrogen-bond donors (Lipinski definition) is 20. The van der Waals surface area contributed by atoms with Crippen LogP contribution in [0.15, 0.2) is 115 Å². The molecule has 15 rings (SSSR count). The van der Waals surface area contributed by atoms with E-state index in [0.717, 1.165) is 122 Å². The van der Waals surface area contributed by atoms with Gasteiger partial charge in [-0.15, -0.1) is 0 Å². The van der Waals surface area contributed by atoms with Crippen LogP contribution in [0.3, 0.4) is 0 Å². The number of fused-ring (bicyclic) bond motifs is 14. The minimum absolute atomic E-state index is 0.0431. The van der Waals surface area contributed by atoms with E-state index in [1.54, 1.807) is 20.8 Å². The number of phenols is 4.